The molecule has 2 rings (SSSR count). The van der Waals surface area contributed by atoms with Gasteiger partial charge in [0, 0.05) is 19.1 Å². The minimum Gasteiger partial charge on any atom is -0.444 e. The van der Waals surface area contributed by atoms with Crippen LogP contribution in [0, 0.1) is 5.92 Å². The van der Waals surface area contributed by atoms with Crippen molar-refractivity contribution in [2.45, 2.75) is 83.8 Å². The van der Waals surface area contributed by atoms with E-state index in [0.717, 1.165) is 44.9 Å². The Balaban J connectivity index is 1.93. The van der Waals surface area contributed by atoms with Crippen molar-refractivity contribution in [1.82, 2.24) is 9.62 Å². The first-order valence-electron chi connectivity index (χ1n) is 9.64. The molecule has 0 unspecified atom stereocenters. The average molecular weight is 375 g/mol. The molecule has 2 aliphatic rings. The number of rotatable bonds is 5. The largest absolute Gasteiger partial charge is 0.444 e. The van der Waals surface area contributed by atoms with E-state index in [2.05, 4.69) is 5.32 Å². The van der Waals surface area contributed by atoms with Crippen molar-refractivity contribution in [1.29, 1.82) is 0 Å². The minimum atomic E-state index is -3.27. The Morgan fingerprint density at radius 1 is 1.08 bits per heavy atom. The summed E-state index contributed by atoms with van der Waals surface area (Å²) in [5.41, 5.74) is -0.552. The normalized spacial score (nSPS) is 24.0. The number of sulfonamides is 1. The van der Waals surface area contributed by atoms with Crippen molar-refractivity contribution in [3.63, 3.8) is 0 Å². The maximum atomic E-state index is 12.9. The molecule has 1 saturated heterocycles. The molecule has 1 heterocycles. The molecule has 1 N–H and O–H groups in total. The second-order valence-electron chi connectivity index (χ2n) is 8.43. The first-order chi connectivity index (χ1) is 11.7. The van der Waals surface area contributed by atoms with Gasteiger partial charge in [-0.2, -0.15) is 4.31 Å². The number of hydrogen-bond donors (Lipinski definition) is 1. The Morgan fingerprint density at radius 3 is 2.36 bits per heavy atom. The molecular formula is C18H34N2O4S. The number of carbonyl (C=O) groups excluding carboxylic acids is 1. The van der Waals surface area contributed by atoms with E-state index >= 15 is 0 Å². The summed E-state index contributed by atoms with van der Waals surface area (Å²) in [6, 6.07) is -0.158. The number of piperidine rings is 1. The van der Waals surface area contributed by atoms with Crippen LogP contribution in [0.3, 0.4) is 0 Å². The van der Waals surface area contributed by atoms with Gasteiger partial charge in [0.15, 0.2) is 0 Å². The van der Waals surface area contributed by atoms with Crippen LogP contribution >= 0.6 is 0 Å². The van der Waals surface area contributed by atoms with Crippen molar-refractivity contribution in [3.8, 4) is 0 Å². The molecule has 0 aromatic carbocycles. The minimum absolute atomic E-state index is 0.158. The molecule has 0 radical (unpaired) electrons. The monoisotopic (exact) mass is 374 g/mol. The maximum absolute atomic E-state index is 12.9. The predicted octanol–water partition coefficient (Wildman–Crippen LogP) is 3.28. The third-order valence-corrected chi connectivity index (χ3v) is 7.07. The number of nitrogens with zero attached hydrogens (tertiary/aromatic N) is 1. The molecular weight excluding hydrogens is 340 g/mol. The standard InChI is InChI=1S/C18H34N2O4S/c1-18(2,3)24-17(21)19-13-16-11-7-8-12-20(16)25(22,23)14-15-9-5-4-6-10-15/h15-16H,4-14H2,1-3H3,(H,19,21)/t16-/m1/s1. The Morgan fingerprint density at radius 2 is 1.72 bits per heavy atom. The zero-order valence-electron chi connectivity index (χ0n) is 15.9. The Bertz CT molecular complexity index is 536. The molecule has 0 spiro atoms. The van der Waals surface area contributed by atoms with Gasteiger partial charge < -0.3 is 10.1 Å². The van der Waals surface area contributed by atoms with Crippen LogP contribution in [-0.2, 0) is 14.8 Å². The summed E-state index contributed by atoms with van der Waals surface area (Å²) in [5, 5.41) is 2.75. The number of nitrogens with one attached hydrogen (secondary N) is 1. The fourth-order valence-electron chi connectivity index (χ4n) is 3.81. The van der Waals surface area contributed by atoms with Gasteiger partial charge in [0.05, 0.1) is 5.75 Å². The highest BCUT2D eigenvalue weighted by Gasteiger charge is 2.34. The van der Waals surface area contributed by atoms with E-state index in [1.54, 1.807) is 4.31 Å². The van der Waals surface area contributed by atoms with Crippen molar-refractivity contribution in [2.24, 2.45) is 5.92 Å². The summed E-state index contributed by atoms with van der Waals surface area (Å²) in [7, 11) is -3.27. The lowest BCUT2D eigenvalue weighted by Gasteiger charge is -2.36. The zero-order valence-corrected chi connectivity index (χ0v) is 16.7. The third-order valence-electron chi connectivity index (χ3n) is 4.98. The maximum Gasteiger partial charge on any atom is 0.407 e. The molecule has 6 nitrogen and oxygen atoms in total. The highest BCUT2D eigenvalue weighted by Crippen LogP contribution is 2.28. The van der Waals surface area contributed by atoms with Crippen LogP contribution in [0.1, 0.15) is 72.1 Å². The van der Waals surface area contributed by atoms with Crippen molar-refractivity contribution < 1.29 is 17.9 Å². The van der Waals surface area contributed by atoms with E-state index in [0.29, 0.717) is 19.0 Å². The molecule has 1 aliphatic heterocycles. The van der Waals surface area contributed by atoms with Crippen LogP contribution in [0.4, 0.5) is 4.79 Å². The lowest BCUT2D eigenvalue weighted by Crippen LogP contribution is -2.51. The van der Waals surface area contributed by atoms with Crippen LogP contribution in [0.2, 0.25) is 0 Å². The molecule has 146 valence electrons. The van der Waals surface area contributed by atoms with Gasteiger partial charge in [-0.25, -0.2) is 13.2 Å². The zero-order chi connectivity index (χ0) is 18.5. The van der Waals surface area contributed by atoms with E-state index in [4.69, 9.17) is 4.74 Å². The average Bonchev–Trinajstić information content (AvgIpc) is 2.52. The Labute approximate surface area is 152 Å². The molecule has 1 saturated carbocycles. The molecule has 0 bridgehead atoms. The van der Waals surface area contributed by atoms with Gasteiger partial charge in [0.25, 0.3) is 0 Å². The van der Waals surface area contributed by atoms with Crippen LogP contribution < -0.4 is 5.32 Å². The predicted molar refractivity (Wildman–Crippen MR) is 98.9 cm³/mol. The first kappa shape index (κ1) is 20.5. The van der Waals surface area contributed by atoms with Gasteiger partial charge in [-0.1, -0.05) is 25.7 Å². The Hall–Kier alpha value is -0.820. The number of carbonyl (C=O) groups is 1. The van der Waals surface area contributed by atoms with Crippen molar-refractivity contribution in [3.05, 3.63) is 0 Å². The summed E-state index contributed by atoms with van der Waals surface area (Å²) in [4.78, 5) is 11.9. The van der Waals surface area contributed by atoms with Gasteiger partial charge in [-0.3, -0.25) is 0 Å². The lowest BCUT2D eigenvalue weighted by atomic mass is 9.91. The summed E-state index contributed by atoms with van der Waals surface area (Å²) in [6.07, 6.45) is 7.75. The molecule has 1 atom stereocenters. The number of hydrogen-bond acceptors (Lipinski definition) is 4. The summed E-state index contributed by atoms with van der Waals surface area (Å²) in [5.74, 6) is 0.552. The highest BCUT2D eigenvalue weighted by atomic mass is 32.2. The highest BCUT2D eigenvalue weighted by molar-refractivity contribution is 7.89. The SMILES string of the molecule is CC(C)(C)OC(=O)NC[C@H]1CCCCN1S(=O)(=O)CC1CCCCC1. The van der Waals surface area contributed by atoms with Gasteiger partial charge in [-0.15, -0.1) is 0 Å². The number of ether oxygens (including phenoxy) is 1. The summed E-state index contributed by atoms with van der Waals surface area (Å²) >= 11 is 0. The van der Waals surface area contributed by atoms with Gasteiger partial charge >= 0.3 is 6.09 Å². The topological polar surface area (TPSA) is 75.7 Å². The van der Waals surface area contributed by atoms with Gasteiger partial charge in [-0.05, 0) is 52.4 Å². The fourth-order valence-corrected chi connectivity index (χ4v) is 5.97. The van der Waals surface area contributed by atoms with Gasteiger partial charge in [0.2, 0.25) is 10.0 Å². The molecule has 0 aromatic rings. The number of alkyl carbamates (subject to hydrolysis) is 1. The first-order valence-corrected chi connectivity index (χ1v) is 11.2. The van der Waals surface area contributed by atoms with Crippen LogP contribution in [-0.4, -0.2) is 49.3 Å². The van der Waals surface area contributed by atoms with E-state index in [9.17, 15) is 13.2 Å². The molecule has 25 heavy (non-hydrogen) atoms. The van der Waals surface area contributed by atoms with E-state index in [-0.39, 0.29) is 11.8 Å². The molecule has 0 aromatic heterocycles. The van der Waals surface area contributed by atoms with Crippen molar-refractivity contribution in [2.75, 3.05) is 18.8 Å². The third kappa shape index (κ3) is 6.77. The van der Waals surface area contributed by atoms with E-state index in [1.165, 1.54) is 6.42 Å². The second kappa shape index (κ2) is 8.71. The van der Waals surface area contributed by atoms with Crippen LogP contribution in [0.25, 0.3) is 0 Å². The van der Waals surface area contributed by atoms with E-state index in [1.807, 2.05) is 20.8 Å². The Kier molecular flexibility index (Phi) is 7.14. The summed E-state index contributed by atoms with van der Waals surface area (Å²) < 4.78 is 32.7. The molecule has 1 aliphatic carbocycles. The molecule has 1 amide bonds. The molecule has 2 fully saturated rings. The summed E-state index contributed by atoms with van der Waals surface area (Å²) in [6.45, 7) is 6.32. The quantitative estimate of drug-likeness (QED) is 0.801. The van der Waals surface area contributed by atoms with Crippen molar-refractivity contribution >= 4 is 16.1 Å². The lowest BCUT2D eigenvalue weighted by molar-refractivity contribution is 0.0512. The van der Waals surface area contributed by atoms with E-state index < -0.39 is 21.7 Å². The number of amides is 1. The fraction of sp³-hybridized carbons (Fsp3) is 0.944. The van der Waals surface area contributed by atoms with Crippen LogP contribution in [0.15, 0.2) is 0 Å². The molecule has 7 heteroatoms. The second-order valence-corrected chi connectivity index (χ2v) is 10.4. The smallest absolute Gasteiger partial charge is 0.407 e. The van der Waals surface area contributed by atoms with Gasteiger partial charge in [0.1, 0.15) is 5.60 Å². The van der Waals surface area contributed by atoms with Crippen LogP contribution in [0.5, 0.6) is 0 Å².